The van der Waals surface area contributed by atoms with E-state index < -0.39 is 0 Å². The maximum Gasteiger partial charge on any atom is 0.227 e. The number of nitrogens with one attached hydrogen (secondary N) is 3. The number of nitrogens with zero attached hydrogens (tertiary/aromatic N) is 4. The molecule has 3 aromatic rings. The summed E-state index contributed by atoms with van der Waals surface area (Å²) in [5, 5.41) is 15.0. The van der Waals surface area contributed by atoms with Crippen molar-refractivity contribution in [2.45, 2.75) is 25.4 Å². The van der Waals surface area contributed by atoms with Crippen LogP contribution in [0, 0.1) is 6.92 Å². The number of hydrogen-bond donors (Lipinski definition) is 3. The highest BCUT2D eigenvalue weighted by Gasteiger charge is 2.37. The minimum Gasteiger partial charge on any atom is -0.340 e. The Morgan fingerprint density at radius 3 is 2.83 bits per heavy atom. The highest BCUT2D eigenvalue weighted by Crippen LogP contribution is 2.26. The van der Waals surface area contributed by atoms with Crippen LogP contribution in [0.5, 0.6) is 0 Å². The summed E-state index contributed by atoms with van der Waals surface area (Å²) in [6.07, 6.45) is 3.10. The van der Waals surface area contributed by atoms with E-state index >= 15 is 0 Å². The predicted molar refractivity (Wildman–Crippen MR) is 93.7 cm³/mol. The molecule has 3 aliphatic rings. The van der Waals surface area contributed by atoms with Gasteiger partial charge in [0, 0.05) is 48.0 Å². The Balaban J connectivity index is 1.42. The molecular formula is C17H19N7. The maximum atomic E-state index is 4.73. The van der Waals surface area contributed by atoms with Crippen LogP contribution in [0.15, 0.2) is 30.5 Å². The molecule has 0 amide bonds. The van der Waals surface area contributed by atoms with Crippen molar-refractivity contribution in [2.24, 2.45) is 0 Å². The Kier molecular flexibility index (Phi) is 2.96. The van der Waals surface area contributed by atoms with Gasteiger partial charge in [0.05, 0.1) is 11.7 Å². The number of aromatic nitrogens is 4. The minimum atomic E-state index is 0.591. The van der Waals surface area contributed by atoms with Gasteiger partial charge < -0.3 is 15.5 Å². The van der Waals surface area contributed by atoms with Crippen molar-refractivity contribution < 1.29 is 0 Å². The molecule has 0 aliphatic carbocycles. The van der Waals surface area contributed by atoms with Crippen molar-refractivity contribution in [2.75, 3.05) is 23.3 Å². The molecule has 122 valence electrons. The molecule has 24 heavy (non-hydrogen) atoms. The van der Waals surface area contributed by atoms with E-state index in [1.807, 2.05) is 31.3 Å². The van der Waals surface area contributed by atoms with Gasteiger partial charge in [-0.05, 0) is 31.5 Å². The number of piperidine rings is 1. The molecule has 7 heteroatoms. The molecule has 7 nitrogen and oxygen atoms in total. The number of H-pyrrole nitrogens is 1. The van der Waals surface area contributed by atoms with E-state index in [0.717, 1.165) is 47.1 Å². The summed E-state index contributed by atoms with van der Waals surface area (Å²) < 4.78 is 0. The molecule has 0 spiro atoms. The molecule has 2 unspecified atom stereocenters. The number of piperazine rings is 1. The van der Waals surface area contributed by atoms with Crippen LogP contribution in [0.25, 0.3) is 10.9 Å². The fourth-order valence-electron chi connectivity index (χ4n) is 3.60. The van der Waals surface area contributed by atoms with Crippen molar-refractivity contribution in [3.8, 4) is 0 Å². The van der Waals surface area contributed by atoms with Crippen LogP contribution >= 0.6 is 0 Å². The zero-order valence-electron chi connectivity index (χ0n) is 13.5. The van der Waals surface area contributed by atoms with E-state index in [1.165, 1.54) is 6.42 Å². The Hall–Kier alpha value is -2.67. The third kappa shape index (κ3) is 2.37. The minimum absolute atomic E-state index is 0.591. The lowest BCUT2D eigenvalue weighted by Gasteiger charge is -2.48. The molecule has 2 bridgehead atoms. The van der Waals surface area contributed by atoms with E-state index in [4.69, 9.17) is 4.98 Å². The third-order valence-electron chi connectivity index (χ3n) is 4.76. The fourth-order valence-corrected chi connectivity index (χ4v) is 3.60. The van der Waals surface area contributed by atoms with Crippen LogP contribution in [0.3, 0.4) is 0 Å². The van der Waals surface area contributed by atoms with Crippen molar-refractivity contribution in [1.82, 2.24) is 25.5 Å². The van der Waals surface area contributed by atoms with Gasteiger partial charge in [0.2, 0.25) is 5.95 Å². The summed E-state index contributed by atoms with van der Waals surface area (Å²) in [5.74, 6) is 1.64. The molecule has 0 radical (unpaired) electrons. The number of rotatable bonds is 3. The summed E-state index contributed by atoms with van der Waals surface area (Å²) in [6, 6.07) is 9.27. The first-order valence-electron chi connectivity index (χ1n) is 8.30. The Labute approximate surface area is 139 Å². The molecule has 1 aromatic carbocycles. The number of aryl methyl sites for hydroxylation is 1. The molecule has 6 rings (SSSR count). The third-order valence-corrected chi connectivity index (χ3v) is 4.76. The lowest BCUT2D eigenvalue weighted by molar-refractivity contribution is 0.224. The highest BCUT2D eigenvalue weighted by molar-refractivity contribution is 5.82. The van der Waals surface area contributed by atoms with Gasteiger partial charge in [-0.15, -0.1) is 0 Å². The zero-order chi connectivity index (χ0) is 16.1. The summed E-state index contributed by atoms with van der Waals surface area (Å²) in [5.41, 5.74) is 3.00. The van der Waals surface area contributed by atoms with Crippen LogP contribution in [-0.4, -0.2) is 45.3 Å². The number of aromatic amines is 1. The maximum absolute atomic E-state index is 4.73. The van der Waals surface area contributed by atoms with Gasteiger partial charge in [0.1, 0.15) is 5.82 Å². The summed E-state index contributed by atoms with van der Waals surface area (Å²) in [6.45, 7) is 3.99. The highest BCUT2D eigenvalue weighted by atomic mass is 15.3. The standard InChI is InChI=1S/C17H19N7/c1-10-4-16(21-12-2-3-15-11(5-12)7-18-23-15)22-17(19-10)24-8-13-6-14(9-24)20-13/h2-5,7,13-14,20H,6,8-9H2,1H3,(H,18,23)(H,19,21,22). The smallest absolute Gasteiger partial charge is 0.227 e. The lowest BCUT2D eigenvalue weighted by Crippen LogP contribution is -2.67. The van der Waals surface area contributed by atoms with Crippen molar-refractivity contribution in [1.29, 1.82) is 0 Å². The monoisotopic (exact) mass is 321 g/mol. The molecule has 3 fully saturated rings. The average molecular weight is 321 g/mol. The Bertz CT molecular complexity index is 887. The second-order valence-corrected chi connectivity index (χ2v) is 6.69. The zero-order valence-corrected chi connectivity index (χ0v) is 13.5. The molecule has 5 heterocycles. The van der Waals surface area contributed by atoms with Gasteiger partial charge in [-0.1, -0.05) is 0 Å². The van der Waals surface area contributed by atoms with Crippen molar-refractivity contribution in [3.05, 3.63) is 36.2 Å². The molecular weight excluding hydrogens is 302 g/mol. The van der Waals surface area contributed by atoms with Crippen LogP contribution in [0.4, 0.5) is 17.5 Å². The number of hydrogen-bond acceptors (Lipinski definition) is 6. The van der Waals surface area contributed by atoms with Gasteiger partial charge in [-0.25, -0.2) is 4.98 Å². The molecule has 2 aromatic heterocycles. The number of fused-ring (bicyclic) bond motifs is 3. The van der Waals surface area contributed by atoms with Crippen molar-refractivity contribution in [3.63, 3.8) is 0 Å². The van der Waals surface area contributed by atoms with E-state index in [1.54, 1.807) is 0 Å². The first-order chi connectivity index (χ1) is 11.7. The van der Waals surface area contributed by atoms with E-state index in [2.05, 4.69) is 36.8 Å². The normalized spacial score (nSPS) is 22.5. The SMILES string of the molecule is Cc1cc(Nc2ccc3[nH]ncc3c2)nc(N2CC3CC(C2)N3)n1. The van der Waals surface area contributed by atoms with E-state index in [0.29, 0.717) is 12.1 Å². The quantitative estimate of drug-likeness (QED) is 0.684. The summed E-state index contributed by atoms with van der Waals surface area (Å²) in [7, 11) is 0. The van der Waals surface area contributed by atoms with Gasteiger partial charge in [-0.3, -0.25) is 5.10 Å². The van der Waals surface area contributed by atoms with E-state index in [9.17, 15) is 0 Å². The Morgan fingerprint density at radius 1 is 1.17 bits per heavy atom. The van der Waals surface area contributed by atoms with Gasteiger partial charge in [0.25, 0.3) is 0 Å². The fraction of sp³-hybridized carbons (Fsp3) is 0.353. The number of benzene rings is 1. The molecule has 3 N–H and O–H groups in total. The van der Waals surface area contributed by atoms with Crippen molar-refractivity contribution >= 4 is 28.4 Å². The molecule has 3 saturated heterocycles. The van der Waals surface area contributed by atoms with Crippen LogP contribution in [0.2, 0.25) is 0 Å². The average Bonchev–Trinajstić information content (AvgIpc) is 3.01. The van der Waals surface area contributed by atoms with Gasteiger partial charge >= 0.3 is 0 Å². The second-order valence-electron chi connectivity index (χ2n) is 6.69. The van der Waals surface area contributed by atoms with Gasteiger partial charge in [0.15, 0.2) is 0 Å². The first kappa shape index (κ1) is 13.7. The topological polar surface area (TPSA) is 81.8 Å². The summed E-state index contributed by atoms with van der Waals surface area (Å²) >= 11 is 0. The predicted octanol–water partition coefficient (Wildman–Crippen LogP) is 1.96. The molecule has 0 saturated carbocycles. The Morgan fingerprint density at radius 2 is 2.00 bits per heavy atom. The van der Waals surface area contributed by atoms with Crippen LogP contribution in [0.1, 0.15) is 12.1 Å². The lowest BCUT2D eigenvalue weighted by atomic mass is 9.92. The van der Waals surface area contributed by atoms with E-state index in [-0.39, 0.29) is 0 Å². The van der Waals surface area contributed by atoms with Crippen LogP contribution < -0.4 is 15.5 Å². The second kappa shape index (κ2) is 5.17. The largest absolute Gasteiger partial charge is 0.340 e. The van der Waals surface area contributed by atoms with Gasteiger partial charge in [-0.2, -0.15) is 10.1 Å². The number of anilines is 3. The van der Waals surface area contributed by atoms with Crippen LogP contribution in [-0.2, 0) is 0 Å². The molecule has 2 atom stereocenters. The summed E-state index contributed by atoms with van der Waals surface area (Å²) in [4.78, 5) is 11.6. The first-order valence-corrected chi connectivity index (χ1v) is 8.30. The molecule has 3 aliphatic heterocycles.